The summed E-state index contributed by atoms with van der Waals surface area (Å²) in [7, 11) is 0.984. The van der Waals surface area contributed by atoms with E-state index in [1.807, 2.05) is 39.0 Å². The minimum absolute atomic E-state index is 0.0844. The standard InChI is InChI=1S/C29H38N4O7S/c1-29(2,3)19-16-21(26(38-5)22(17-19)31-41(7,36)37)30-27(34)23-15-18-9-8-10-24(25(18)32(23)4)40-20-11-13-33(14-12-20)28(35)39-6/h8-10,15-17,20,31H,11-14H2,1-7H3,(H,30,34). The normalized spacial score (nSPS) is 14.6. The van der Waals surface area contributed by atoms with Crippen LogP contribution in [0, 0.1) is 0 Å². The van der Waals surface area contributed by atoms with E-state index in [1.165, 1.54) is 14.2 Å². The van der Waals surface area contributed by atoms with E-state index in [2.05, 4.69) is 10.0 Å². The van der Waals surface area contributed by atoms with Gasteiger partial charge in [-0.2, -0.15) is 0 Å². The maximum atomic E-state index is 13.6. The fourth-order valence-corrected chi connectivity index (χ4v) is 5.54. The lowest BCUT2D eigenvalue weighted by atomic mass is 9.86. The molecule has 41 heavy (non-hydrogen) atoms. The molecule has 2 N–H and O–H groups in total. The lowest BCUT2D eigenvalue weighted by molar-refractivity contribution is 0.0795. The van der Waals surface area contributed by atoms with Crippen LogP contribution >= 0.6 is 0 Å². The number of aryl methyl sites for hydroxylation is 1. The van der Waals surface area contributed by atoms with Crippen LogP contribution in [0.3, 0.4) is 0 Å². The second kappa shape index (κ2) is 11.5. The van der Waals surface area contributed by atoms with E-state index in [0.29, 0.717) is 43.1 Å². The summed E-state index contributed by atoms with van der Waals surface area (Å²) in [4.78, 5) is 27.1. The average molecular weight is 587 g/mol. The molecule has 0 saturated carbocycles. The zero-order chi connectivity index (χ0) is 30.1. The van der Waals surface area contributed by atoms with Crippen LogP contribution in [0.15, 0.2) is 36.4 Å². The largest absolute Gasteiger partial charge is 0.492 e. The van der Waals surface area contributed by atoms with Gasteiger partial charge in [-0.3, -0.25) is 9.52 Å². The number of anilines is 2. The number of fused-ring (bicyclic) bond motifs is 1. The second-order valence-corrected chi connectivity index (χ2v) is 13.0. The number of nitrogens with one attached hydrogen (secondary N) is 2. The Hall–Kier alpha value is -3.93. The van der Waals surface area contributed by atoms with Crippen LogP contribution in [0.5, 0.6) is 11.5 Å². The highest BCUT2D eigenvalue weighted by Crippen LogP contribution is 2.39. The van der Waals surface area contributed by atoms with Crippen molar-refractivity contribution >= 4 is 44.3 Å². The van der Waals surface area contributed by atoms with Crippen LogP contribution in [-0.2, 0) is 27.2 Å². The van der Waals surface area contributed by atoms with Gasteiger partial charge < -0.3 is 29.0 Å². The highest BCUT2D eigenvalue weighted by molar-refractivity contribution is 7.92. The summed E-state index contributed by atoms with van der Waals surface area (Å²) in [5.41, 5.74) is 2.21. The van der Waals surface area contributed by atoms with Crippen LogP contribution in [0.1, 0.15) is 49.7 Å². The Morgan fingerprint density at radius 2 is 1.68 bits per heavy atom. The van der Waals surface area contributed by atoms with Crippen LogP contribution in [-0.4, -0.2) is 69.6 Å². The van der Waals surface area contributed by atoms with E-state index in [0.717, 1.165) is 22.7 Å². The van der Waals surface area contributed by atoms with Gasteiger partial charge in [0.2, 0.25) is 10.0 Å². The van der Waals surface area contributed by atoms with E-state index in [-0.39, 0.29) is 29.0 Å². The fourth-order valence-electron chi connectivity index (χ4n) is 4.99. The van der Waals surface area contributed by atoms with Gasteiger partial charge in [-0.15, -0.1) is 0 Å². The summed E-state index contributed by atoms with van der Waals surface area (Å²) < 4.78 is 45.1. The highest BCUT2D eigenvalue weighted by Gasteiger charge is 2.27. The molecule has 12 heteroatoms. The number of hydrogen-bond acceptors (Lipinski definition) is 7. The monoisotopic (exact) mass is 586 g/mol. The lowest BCUT2D eigenvalue weighted by Crippen LogP contribution is -2.41. The number of benzene rings is 2. The molecule has 1 saturated heterocycles. The molecule has 1 aliphatic rings. The molecule has 3 aromatic rings. The molecular formula is C29H38N4O7S. The number of carbonyl (C=O) groups excluding carboxylic acids is 2. The zero-order valence-corrected chi connectivity index (χ0v) is 25.3. The smallest absolute Gasteiger partial charge is 0.409 e. The number of rotatable bonds is 7. The first-order chi connectivity index (χ1) is 19.2. The van der Waals surface area contributed by atoms with E-state index in [1.54, 1.807) is 34.7 Å². The molecule has 0 unspecified atom stereocenters. The minimum Gasteiger partial charge on any atom is -0.492 e. The van der Waals surface area contributed by atoms with Crippen LogP contribution in [0.2, 0.25) is 0 Å². The molecule has 1 aromatic heterocycles. The molecule has 2 amide bonds. The van der Waals surface area contributed by atoms with E-state index < -0.39 is 15.9 Å². The Labute approximate surface area is 240 Å². The number of nitrogens with zero attached hydrogens (tertiary/aromatic N) is 2. The summed E-state index contributed by atoms with van der Waals surface area (Å²) in [6.45, 7) is 7.07. The molecule has 2 heterocycles. The Kier molecular flexibility index (Phi) is 8.44. The van der Waals surface area contributed by atoms with Crippen molar-refractivity contribution in [3.8, 4) is 11.5 Å². The molecule has 11 nitrogen and oxygen atoms in total. The fraction of sp³-hybridized carbons (Fsp3) is 0.448. The highest BCUT2D eigenvalue weighted by atomic mass is 32.2. The van der Waals surface area contributed by atoms with Gasteiger partial charge in [0.1, 0.15) is 17.5 Å². The number of ether oxygens (including phenoxy) is 3. The second-order valence-electron chi connectivity index (χ2n) is 11.2. The first kappa shape index (κ1) is 30.0. The number of hydrogen-bond donors (Lipinski definition) is 2. The van der Waals surface area contributed by atoms with Gasteiger partial charge in [-0.05, 0) is 35.2 Å². The summed E-state index contributed by atoms with van der Waals surface area (Å²) in [5, 5.41) is 3.76. The van der Waals surface area contributed by atoms with Gasteiger partial charge in [0.05, 0.1) is 37.4 Å². The van der Waals surface area contributed by atoms with Crippen molar-refractivity contribution in [3.63, 3.8) is 0 Å². The lowest BCUT2D eigenvalue weighted by Gasteiger charge is -2.31. The zero-order valence-electron chi connectivity index (χ0n) is 24.5. The summed E-state index contributed by atoms with van der Waals surface area (Å²) >= 11 is 0. The van der Waals surface area contributed by atoms with Crippen molar-refractivity contribution in [1.29, 1.82) is 0 Å². The Morgan fingerprint density at radius 1 is 1.02 bits per heavy atom. The van der Waals surface area contributed by atoms with Crippen molar-refractivity contribution in [2.75, 3.05) is 43.6 Å². The van der Waals surface area contributed by atoms with E-state index in [9.17, 15) is 18.0 Å². The molecule has 4 rings (SSSR count). The first-order valence-electron chi connectivity index (χ1n) is 13.3. The maximum absolute atomic E-state index is 13.6. The molecular weight excluding hydrogens is 548 g/mol. The summed E-state index contributed by atoms with van der Waals surface area (Å²) in [5.74, 6) is 0.459. The van der Waals surface area contributed by atoms with Gasteiger partial charge >= 0.3 is 6.09 Å². The van der Waals surface area contributed by atoms with Gasteiger partial charge in [-0.25, -0.2) is 13.2 Å². The Balaban J connectivity index is 1.64. The molecule has 0 atom stereocenters. The van der Waals surface area contributed by atoms with Crippen LogP contribution in [0.4, 0.5) is 16.2 Å². The van der Waals surface area contributed by atoms with Crippen molar-refractivity contribution in [3.05, 3.63) is 47.7 Å². The Morgan fingerprint density at radius 3 is 2.27 bits per heavy atom. The van der Waals surface area contributed by atoms with Gasteiger partial charge in [0, 0.05) is 38.4 Å². The Bertz CT molecular complexity index is 1570. The molecule has 1 aliphatic heterocycles. The quantitative estimate of drug-likeness (QED) is 0.410. The van der Waals surface area contributed by atoms with Crippen molar-refractivity contribution < 1.29 is 32.2 Å². The van der Waals surface area contributed by atoms with Crippen molar-refractivity contribution in [2.24, 2.45) is 7.05 Å². The molecule has 1 fully saturated rings. The molecule has 2 aromatic carbocycles. The van der Waals surface area contributed by atoms with Gasteiger partial charge in [0.15, 0.2) is 5.75 Å². The average Bonchev–Trinajstić information content (AvgIpc) is 3.24. The topological polar surface area (TPSA) is 128 Å². The van der Waals surface area contributed by atoms with E-state index >= 15 is 0 Å². The number of methoxy groups -OCH3 is 2. The van der Waals surface area contributed by atoms with Gasteiger partial charge in [-0.1, -0.05) is 32.9 Å². The third kappa shape index (κ3) is 6.70. The number of likely N-dealkylation sites (tertiary alicyclic amines) is 1. The maximum Gasteiger partial charge on any atom is 0.409 e. The number of amides is 2. The number of para-hydroxylation sites is 1. The van der Waals surface area contributed by atoms with Crippen molar-refractivity contribution in [1.82, 2.24) is 9.47 Å². The SMILES string of the molecule is COC(=O)N1CCC(Oc2cccc3cc(C(=O)Nc4cc(C(C)(C)C)cc(NS(C)(=O)=O)c4OC)n(C)c23)CC1. The van der Waals surface area contributed by atoms with Crippen molar-refractivity contribution in [2.45, 2.75) is 45.1 Å². The molecule has 0 bridgehead atoms. The predicted octanol–water partition coefficient (Wildman–Crippen LogP) is 4.72. The van der Waals surface area contributed by atoms with Crippen LogP contribution < -0.4 is 19.5 Å². The first-order valence-corrected chi connectivity index (χ1v) is 15.2. The minimum atomic E-state index is -3.61. The number of aromatic nitrogens is 1. The molecule has 0 aliphatic carbocycles. The number of sulfonamides is 1. The number of carbonyl (C=O) groups is 2. The molecule has 222 valence electrons. The molecule has 0 radical (unpaired) electrons. The summed E-state index contributed by atoms with van der Waals surface area (Å²) in [6, 6.07) is 11.0. The summed E-state index contributed by atoms with van der Waals surface area (Å²) in [6.07, 6.45) is 1.96. The third-order valence-electron chi connectivity index (χ3n) is 7.12. The van der Waals surface area contributed by atoms with E-state index in [4.69, 9.17) is 14.2 Å². The number of piperidine rings is 1. The van der Waals surface area contributed by atoms with Gasteiger partial charge in [0.25, 0.3) is 5.91 Å². The van der Waals surface area contributed by atoms with Crippen LogP contribution in [0.25, 0.3) is 10.9 Å². The third-order valence-corrected chi connectivity index (χ3v) is 7.71. The molecule has 0 spiro atoms. The predicted molar refractivity (Wildman–Crippen MR) is 159 cm³/mol.